The van der Waals surface area contributed by atoms with Crippen LogP contribution < -0.4 is 10.6 Å². The van der Waals surface area contributed by atoms with E-state index in [1.807, 2.05) is 30.3 Å². The first kappa shape index (κ1) is 12.8. The highest BCUT2D eigenvalue weighted by atomic mass is 16.2. The summed E-state index contributed by atoms with van der Waals surface area (Å²) < 4.78 is 1.78. The second kappa shape index (κ2) is 5.83. The fourth-order valence-corrected chi connectivity index (χ4v) is 2.34. The normalized spacial score (nSPS) is 18.7. The average molecular weight is 271 g/mol. The number of hydrogen-bond acceptors (Lipinski definition) is 4. The van der Waals surface area contributed by atoms with Crippen molar-refractivity contribution in [1.82, 2.24) is 20.3 Å². The summed E-state index contributed by atoms with van der Waals surface area (Å²) in [5.41, 5.74) is 1.10. The lowest BCUT2D eigenvalue weighted by molar-refractivity contribution is 0.102. The second-order valence-electron chi connectivity index (χ2n) is 4.90. The van der Waals surface area contributed by atoms with E-state index >= 15 is 0 Å². The molecule has 2 N–H and O–H groups in total. The van der Waals surface area contributed by atoms with Gasteiger partial charge in [0.15, 0.2) is 5.69 Å². The number of nitrogens with one attached hydrogen (secondary N) is 2. The van der Waals surface area contributed by atoms with E-state index in [1.165, 1.54) is 0 Å². The van der Waals surface area contributed by atoms with Crippen LogP contribution in [0.25, 0.3) is 0 Å². The number of anilines is 1. The summed E-state index contributed by atoms with van der Waals surface area (Å²) in [5.74, 6) is -0.230. The van der Waals surface area contributed by atoms with E-state index in [9.17, 15) is 4.79 Å². The maximum absolute atomic E-state index is 12.1. The standard InChI is InChI=1S/C14H17N5O/c20-14(16-11-5-2-1-3-6-11)13-10-19(18-17-13)12-7-4-8-15-9-12/h1-3,5-6,10,12,15H,4,7-9H2,(H,16,20). The molecule has 104 valence electrons. The van der Waals surface area contributed by atoms with Crippen LogP contribution in [0.1, 0.15) is 29.4 Å². The maximum Gasteiger partial charge on any atom is 0.277 e. The van der Waals surface area contributed by atoms with Crippen molar-refractivity contribution >= 4 is 11.6 Å². The third-order valence-electron chi connectivity index (χ3n) is 3.42. The van der Waals surface area contributed by atoms with E-state index in [2.05, 4.69) is 20.9 Å². The van der Waals surface area contributed by atoms with Crippen molar-refractivity contribution in [3.63, 3.8) is 0 Å². The molecule has 1 aromatic heterocycles. The molecule has 1 aromatic carbocycles. The molecule has 2 heterocycles. The molecule has 0 aliphatic carbocycles. The van der Waals surface area contributed by atoms with Crippen molar-refractivity contribution in [2.24, 2.45) is 0 Å². The number of hydrogen-bond donors (Lipinski definition) is 2. The van der Waals surface area contributed by atoms with Crippen LogP contribution in [0.15, 0.2) is 36.5 Å². The molecule has 1 saturated heterocycles. The van der Waals surface area contributed by atoms with Gasteiger partial charge >= 0.3 is 0 Å². The molecule has 6 heteroatoms. The van der Waals surface area contributed by atoms with Gasteiger partial charge in [0, 0.05) is 12.2 Å². The van der Waals surface area contributed by atoms with Crippen molar-refractivity contribution in [3.8, 4) is 0 Å². The van der Waals surface area contributed by atoms with Crippen molar-refractivity contribution in [2.45, 2.75) is 18.9 Å². The first-order chi connectivity index (χ1) is 9.83. The molecule has 3 rings (SSSR count). The molecule has 1 fully saturated rings. The molecule has 1 aliphatic rings. The lowest BCUT2D eigenvalue weighted by atomic mass is 10.1. The van der Waals surface area contributed by atoms with Gasteiger partial charge in [0.05, 0.1) is 12.2 Å². The van der Waals surface area contributed by atoms with Crippen molar-refractivity contribution in [2.75, 3.05) is 18.4 Å². The summed E-state index contributed by atoms with van der Waals surface area (Å²) >= 11 is 0. The Morgan fingerprint density at radius 3 is 2.95 bits per heavy atom. The molecule has 0 saturated carbocycles. The Hall–Kier alpha value is -2.21. The van der Waals surface area contributed by atoms with Crippen LogP contribution in [0, 0.1) is 0 Å². The summed E-state index contributed by atoms with van der Waals surface area (Å²) in [6.45, 7) is 1.93. The predicted molar refractivity (Wildman–Crippen MR) is 75.6 cm³/mol. The molecule has 1 aliphatic heterocycles. The Balaban J connectivity index is 1.68. The van der Waals surface area contributed by atoms with Crippen LogP contribution >= 0.6 is 0 Å². The largest absolute Gasteiger partial charge is 0.321 e. The van der Waals surface area contributed by atoms with Crippen LogP contribution in [0.5, 0.6) is 0 Å². The summed E-state index contributed by atoms with van der Waals surface area (Å²) in [6, 6.07) is 9.62. The van der Waals surface area contributed by atoms with E-state index in [-0.39, 0.29) is 11.9 Å². The molecule has 1 unspecified atom stereocenters. The smallest absolute Gasteiger partial charge is 0.277 e. The molecule has 1 amide bonds. The maximum atomic E-state index is 12.1. The van der Waals surface area contributed by atoms with E-state index < -0.39 is 0 Å². The number of carbonyl (C=O) groups is 1. The first-order valence-electron chi connectivity index (χ1n) is 6.82. The fourth-order valence-electron chi connectivity index (χ4n) is 2.34. The van der Waals surface area contributed by atoms with Crippen molar-refractivity contribution < 1.29 is 4.79 Å². The van der Waals surface area contributed by atoms with Crippen molar-refractivity contribution in [1.29, 1.82) is 0 Å². The molecule has 1 atom stereocenters. The Bertz CT molecular complexity index is 574. The minimum atomic E-state index is -0.230. The zero-order chi connectivity index (χ0) is 13.8. The van der Waals surface area contributed by atoms with Gasteiger partial charge < -0.3 is 10.6 Å². The van der Waals surface area contributed by atoms with Crippen LogP contribution in [0.2, 0.25) is 0 Å². The summed E-state index contributed by atoms with van der Waals surface area (Å²) in [6.07, 6.45) is 3.90. The van der Waals surface area contributed by atoms with Crippen LogP contribution in [-0.2, 0) is 0 Å². The van der Waals surface area contributed by atoms with Gasteiger partial charge in [-0.3, -0.25) is 4.79 Å². The SMILES string of the molecule is O=C(Nc1ccccc1)c1cn(C2CCCNC2)nn1. The third-order valence-corrected chi connectivity index (χ3v) is 3.42. The number of nitrogens with zero attached hydrogens (tertiary/aromatic N) is 3. The van der Waals surface area contributed by atoms with Gasteiger partial charge in [-0.05, 0) is 31.5 Å². The highest BCUT2D eigenvalue weighted by Crippen LogP contribution is 2.15. The fraction of sp³-hybridized carbons (Fsp3) is 0.357. The van der Waals surface area contributed by atoms with E-state index in [4.69, 9.17) is 0 Å². The van der Waals surface area contributed by atoms with Gasteiger partial charge in [-0.1, -0.05) is 23.4 Å². The molecule has 2 aromatic rings. The van der Waals surface area contributed by atoms with E-state index in [0.717, 1.165) is 31.6 Å². The number of carbonyl (C=O) groups excluding carboxylic acids is 1. The zero-order valence-corrected chi connectivity index (χ0v) is 11.1. The van der Waals surface area contributed by atoms with Gasteiger partial charge in [-0.2, -0.15) is 0 Å². The van der Waals surface area contributed by atoms with Gasteiger partial charge in [0.2, 0.25) is 0 Å². The molecule has 20 heavy (non-hydrogen) atoms. The first-order valence-corrected chi connectivity index (χ1v) is 6.82. The summed E-state index contributed by atoms with van der Waals surface area (Å²) in [5, 5.41) is 14.2. The molecular formula is C14H17N5O. The Labute approximate surface area is 117 Å². The van der Waals surface area contributed by atoms with Gasteiger partial charge in [-0.15, -0.1) is 5.10 Å². The van der Waals surface area contributed by atoms with Crippen molar-refractivity contribution in [3.05, 3.63) is 42.2 Å². The number of para-hydroxylation sites is 1. The average Bonchev–Trinajstić information content (AvgIpc) is 2.99. The number of piperidine rings is 1. The number of benzene rings is 1. The molecule has 6 nitrogen and oxygen atoms in total. The second-order valence-corrected chi connectivity index (χ2v) is 4.90. The molecule has 0 radical (unpaired) electrons. The third kappa shape index (κ3) is 2.85. The highest BCUT2D eigenvalue weighted by molar-refractivity contribution is 6.02. The van der Waals surface area contributed by atoms with Gasteiger partial charge in [0.1, 0.15) is 0 Å². The summed E-state index contributed by atoms with van der Waals surface area (Å²) in [7, 11) is 0. The van der Waals surface area contributed by atoms with Crippen LogP contribution in [-0.4, -0.2) is 34.0 Å². The minimum absolute atomic E-state index is 0.230. The number of rotatable bonds is 3. The van der Waals surface area contributed by atoms with E-state index in [1.54, 1.807) is 10.9 Å². The highest BCUT2D eigenvalue weighted by Gasteiger charge is 2.18. The minimum Gasteiger partial charge on any atom is -0.321 e. The number of amides is 1. The predicted octanol–water partition coefficient (Wildman–Crippen LogP) is 1.45. The quantitative estimate of drug-likeness (QED) is 0.886. The van der Waals surface area contributed by atoms with Gasteiger partial charge in [-0.25, -0.2) is 4.68 Å². The van der Waals surface area contributed by atoms with Crippen LogP contribution in [0.3, 0.4) is 0 Å². The topological polar surface area (TPSA) is 71.8 Å². The molecule has 0 spiro atoms. The summed E-state index contributed by atoms with van der Waals surface area (Å²) in [4.78, 5) is 12.1. The lowest BCUT2D eigenvalue weighted by Gasteiger charge is -2.22. The molecular weight excluding hydrogens is 254 g/mol. The zero-order valence-electron chi connectivity index (χ0n) is 11.1. The monoisotopic (exact) mass is 271 g/mol. The Kier molecular flexibility index (Phi) is 3.73. The Morgan fingerprint density at radius 2 is 2.20 bits per heavy atom. The Morgan fingerprint density at radius 1 is 1.35 bits per heavy atom. The number of aromatic nitrogens is 3. The van der Waals surface area contributed by atoms with Gasteiger partial charge in [0.25, 0.3) is 5.91 Å². The van der Waals surface area contributed by atoms with E-state index in [0.29, 0.717) is 5.69 Å². The molecule has 0 bridgehead atoms. The van der Waals surface area contributed by atoms with Crippen LogP contribution in [0.4, 0.5) is 5.69 Å². The lowest BCUT2D eigenvalue weighted by Crippen LogP contribution is -2.31.